The monoisotopic (exact) mass is 322 g/mol. The molecular formula is C12H10ClF3N2O3. The van der Waals surface area contributed by atoms with Gasteiger partial charge in [-0.2, -0.15) is 23.3 Å². The summed E-state index contributed by atoms with van der Waals surface area (Å²) in [4.78, 5) is 11.4. The summed E-state index contributed by atoms with van der Waals surface area (Å²) in [6.07, 6.45) is -7.38. The maximum absolute atomic E-state index is 13.1. The molecule has 1 atom stereocenters. The van der Waals surface area contributed by atoms with Crippen molar-refractivity contribution in [1.82, 2.24) is 5.01 Å². The normalized spacial score (nSPS) is 22.2. The summed E-state index contributed by atoms with van der Waals surface area (Å²) in [6.45, 7) is 0. The van der Waals surface area contributed by atoms with Crippen LogP contribution in [0.4, 0.5) is 18.0 Å². The maximum atomic E-state index is 13.1. The third-order valence-corrected chi connectivity index (χ3v) is 3.22. The lowest BCUT2D eigenvalue weighted by Crippen LogP contribution is -2.56. The third kappa shape index (κ3) is 2.68. The van der Waals surface area contributed by atoms with E-state index in [1.54, 1.807) is 0 Å². The number of aliphatic hydroxyl groups is 1. The van der Waals surface area contributed by atoms with E-state index < -0.39 is 24.4 Å². The predicted molar refractivity (Wildman–Crippen MR) is 67.9 cm³/mol. The average molecular weight is 323 g/mol. The largest absolute Gasteiger partial charge is 0.451 e. The minimum Gasteiger partial charge on any atom is -0.451 e. The Morgan fingerprint density at radius 3 is 2.48 bits per heavy atom. The molecule has 1 heterocycles. The molecule has 1 aromatic rings. The van der Waals surface area contributed by atoms with Crippen LogP contribution in [0.3, 0.4) is 0 Å². The molecule has 5 nitrogen and oxygen atoms in total. The van der Waals surface area contributed by atoms with Gasteiger partial charge in [-0.1, -0.05) is 23.7 Å². The molecule has 1 aromatic carbocycles. The lowest BCUT2D eigenvalue weighted by Gasteiger charge is -2.31. The van der Waals surface area contributed by atoms with Gasteiger partial charge in [0, 0.05) is 5.02 Å². The van der Waals surface area contributed by atoms with E-state index in [1.807, 2.05) is 0 Å². The number of alkyl halides is 3. The first-order chi connectivity index (χ1) is 9.69. The number of methoxy groups -OCH3 is 1. The van der Waals surface area contributed by atoms with Gasteiger partial charge in [-0.05, 0) is 17.7 Å². The highest BCUT2D eigenvalue weighted by atomic mass is 35.5. The standard InChI is InChI=1S/C12H10ClF3N2O3/c1-21-10(19)18-11(20,12(14,15)16)6-9(17-18)7-2-4-8(13)5-3-7/h2-5,20H,6H2,1H3. The van der Waals surface area contributed by atoms with Crippen molar-refractivity contribution in [3.8, 4) is 0 Å². The molecule has 0 radical (unpaired) electrons. The Balaban J connectivity index is 2.43. The zero-order chi connectivity index (χ0) is 15.8. The summed E-state index contributed by atoms with van der Waals surface area (Å²) in [5.41, 5.74) is -3.22. The molecule has 1 aliphatic rings. The van der Waals surface area contributed by atoms with Crippen LogP contribution in [0.25, 0.3) is 0 Å². The maximum Gasteiger partial charge on any atom is 0.439 e. The average Bonchev–Trinajstić information content (AvgIpc) is 2.78. The molecular weight excluding hydrogens is 313 g/mol. The molecule has 0 fully saturated rings. The van der Waals surface area contributed by atoms with E-state index in [2.05, 4.69) is 9.84 Å². The van der Waals surface area contributed by atoms with Gasteiger partial charge in [0.2, 0.25) is 0 Å². The summed E-state index contributed by atoms with van der Waals surface area (Å²) < 4.78 is 43.4. The molecule has 0 saturated heterocycles. The van der Waals surface area contributed by atoms with Gasteiger partial charge in [0.1, 0.15) is 0 Å². The Hall–Kier alpha value is -1.80. The summed E-state index contributed by atoms with van der Waals surface area (Å²) in [5, 5.41) is 13.7. The molecule has 2 rings (SSSR count). The van der Waals surface area contributed by atoms with Crippen molar-refractivity contribution >= 4 is 23.4 Å². The fourth-order valence-corrected chi connectivity index (χ4v) is 1.97. The smallest absolute Gasteiger partial charge is 0.439 e. The molecule has 0 bridgehead atoms. The minimum absolute atomic E-state index is 0.100. The summed E-state index contributed by atoms with van der Waals surface area (Å²) in [5.74, 6) is 0. The highest BCUT2D eigenvalue weighted by Gasteiger charge is 2.63. The van der Waals surface area contributed by atoms with E-state index >= 15 is 0 Å². The van der Waals surface area contributed by atoms with E-state index in [0.717, 1.165) is 7.11 Å². The van der Waals surface area contributed by atoms with Gasteiger partial charge in [-0.3, -0.25) is 0 Å². The van der Waals surface area contributed by atoms with Crippen LogP contribution in [0.1, 0.15) is 12.0 Å². The topological polar surface area (TPSA) is 62.1 Å². The lowest BCUT2D eigenvalue weighted by molar-refractivity contribution is -0.299. The summed E-state index contributed by atoms with van der Waals surface area (Å²) >= 11 is 5.69. The zero-order valence-corrected chi connectivity index (χ0v) is 11.4. The van der Waals surface area contributed by atoms with Gasteiger partial charge in [-0.25, -0.2) is 4.79 Å². The van der Waals surface area contributed by atoms with E-state index in [0.29, 0.717) is 10.6 Å². The van der Waals surface area contributed by atoms with Crippen LogP contribution in [-0.4, -0.2) is 40.9 Å². The quantitative estimate of drug-likeness (QED) is 0.864. The highest BCUT2D eigenvalue weighted by Crippen LogP contribution is 2.41. The van der Waals surface area contributed by atoms with E-state index in [9.17, 15) is 23.1 Å². The second-order valence-electron chi connectivity index (χ2n) is 4.33. The number of halogens is 4. The Kier molecular flexibility index (Phi) is 3.85. The molecule has 21 heavy (non-hydrogen) atoms. The predicted octanol–water partition coefficient (Wildman–Crippen LogP) is 2.77. The molecule has 1 N–H and O–H groups in total. The van der Waals surface area contributed by atoms with Gasteiger partial charge in [0.25, 0.3) is 5.72 Å². The van der Waals surface area contributed by atoms with Gasteiger partial charge in [0.05, 0.1) is 19.2 Å². The van der Waals surface area contributed by atoms with Crippen molar-refractivity contribution in [2.45, 2.75) is 18.3 Å². The molecule has 1 amide bonds. The first-order valence-corrected chi connectivity index (χ1v) is 6.07. The summed E-state index contributed by atoms with van der Waals surface area (Å²) in [7, 11) is 0.898. The van der Waals surface area contributed by atoms with Crippen molar-refractivity contribution < 1.29 is 27.8 Å². The minimum atomic E-state index is -5.08. The van der Waals surface area contributed by atoms with Crippen LogP contribution >= 0.6 is 11.6 Å². The Morgan fingerprint density at radius 2 is 2.00 bits per heavy atom. The van der Waals surface area contributed by atoms with Crippen LogP contribution in [0, 0.1) is 0 Å². The third-order valence-electron chi connectivity index (χ3n) is 2.96. The second kappa shape index (κ2) is 5.19. The van der Waals surface area contributed by atoms with Crippen molar-refractivity contribution in [3.63, 3.8) is 0 Å². The first-order valence-electron chi connectivity index (χ1n) is 5.70. The first kappa shape index (κ1) is 15.6. The van der Waals surface area contributed by atoms with E-state index in [-0.39, 0.29) is 10.7 Å². The van der Waals surface area contributed by atoms with E-state index in [4.69, 9.17) is 11.6 Å². The molecule has 0 spiro atoms. The van der Waals surface area contributed by atoms with Crippen molar-refractivity contribution in [2.24, 2.45) is 5.10 Å². The fourth-order valence-electron chi connectivity index (χ4n) is 1.85. The second-order valence-corrected chi connectivity index (χ2v) is 4.76. The summed E-state index contributed by atoms with van der Waals surface area (Å²) in [6, 6.07) is 5.82. The van der Waals surface area contributed by atoms with E-state index in [1.165, 1.54) is 24.3 Å². The van der Waals surface area contributed by atoms with Crippen LogP contribution < -0.4 is 0 Å². The molecule has 9 heteroatoms. The molecule has 0 aromatic heterocycles. The number of amides is 1. The molecule has 114 valence electrons. The number of hydrogen-bond donors (Lipinski definition) is 1. The Morgan fingerprint density at radius 1 is 1.43 bits per heavy atom. The van der Waals surface area contributed by atoms with Crippen LogP contribution in [0.5, 0.6) is 0 Å². The van der Waals surface area contributed by atoms with Crippen molar-refractivity contribution in [2.75, 3.05) is 7.11 Å². The number of nitrogens with zero attached hydrogens (tertiary/aromatic N) is 2. The van der Waals surface area contributed by atoms with Crippen molar-refractivity contribution in [1.29, 1.82) is 0 Å². The van der Waals surface area contributed by atoms with Crippen LogP contribution in [-0.2, 0) is 4.74 Å². The number of ether oxygens (including phenoxy) is 1. The number of hydrogen-bond acceptors (Lipinski definition) is 4. The highest BCUT2D eigenvalue weighted by molar-refractivity contribution is 6.30. The number of hydrazone groups is 1. The fraction of sp³-hybridized carbons (Fsp3) is 0.333. The zero-order valence-electron chi connectivity index (χ0n) is 10.7. The Bertz CT molecular complexity index is 588. The van der Waals surface area contributed by atoms with Crippen LogP contribution in [0.15, 0.2) is 29.4 Å². The van der Waals surface area contributed by atoms with Gasteiger partial charge < -0.3 is 9.84 Å². The number of benzene rings is 1. The van der Waals surface area contributed by atoms with Crippen LogP contribution in [0.2, 0.25) is 5.02 Å². The molecule has 0 saturated carbocycles. The molecule has 1 unspecified atom stereocenters. The number of rotatable bonds is 1. The van der Waals surface area contributed by atoms with Crippen molar-refractivity contribution in [3.05, 3.63) is 34.9 Å². The van der Waals surface area contributed by atoms with Gasteiger partial charge in [-0.15, -0.1) is 0 Å². The molecule has 1 aliphatic heterocycles. The van der Waals surface area contributed by atoms with Gasteiger partial charge >= 0.3 is 12.3 Å². The SMILES string of the molecule is COC(=O)N1N=C(c2ccc(Cl)cc2)CC1(O)C(F)(F)F. The number of carbonyl (C=O) groups excluding carboxylic acids is 1. The van der Waals surface area contributed by atoms with Gasteiger partial charge in [0.15, 0.2) is 0 Å². The lowest BCUT2D eigenvalue weighted by atomic mass is 10.0. The Labute approximate surface area is 122 Å². The molecule has 0 aliphatic carbocycles. The number of carbonyl (C=O) groups is 1.